The van der Waals surface area contributed by atoms with Gasteiger partial charge in [-0.1, -0.05) is 20.8 Å². The highest BCUT2D eigenvalue weighted by atomic mass is 16.5. The summed E-state index contributed by atoms with van der Waals surface area (Å²) in [6.07, 6.45) is 0.983. The molecule has 0 heterocycles. The lowest BCUT2D eigenvalue weighted by Gasteiger charge is -2.17. The Balaban J connectivity index is 2.31. The zero-order valence-electron chi connectivity index (χ0n) is 13.5. The van der Waals surface area contributed by atoms with Crippen molar-refractivity contribution in [2.24, 2.45) is 0 Å². The molecule has 118 valence electrons. The number of nitrogens with zero attached hydrogens (tertiary/aromatic N) is 1. The van der Waals surface area contributed by atoms with E-state index in [0.29, 0.717) is 13.2 Å². The number of carbonyl (C=O) groups is 1. The minimum atomic E-state index is 0.122. The molecule has 0 aliphatic rings. The number of ether oxygens (including phenoxy) is 1. The molecule has 0 saturated heterocycles. The lowest BCUT2D eigenvalue weighted by Crippen LogP contribution is -2.34. The first-order chi connectivity index (χ1) is 10.2. The average Bonchev–Trinajstić information content (AvgIpc) is 2.53. The molecule has 1 aromatic rings. The van der Waals surface area contributed by atoms with E-state index >= 15 is 0 Å². The largest absolute Gasteiger partial charge is 0.494 e. The quantitative estimate of drug-likeness (QED) is 0.503. The highest BCUT2D eigenvalue weighted by Crippen LogP contribution is 2.12. The molecule has 1 N–H and O–H groups in total. The zero-order chi connectivity index (χ0) is 15.5. The van der Waals surface area contributed by atoms with E-state index in [1.54, 1.807) is 0 Å². The van der Waals surface area contributed by atoms with Gasteiger partial charge in [-0.3, -0.25) is 4.79 Å². The summed E-state index contributed by atoms with van der Waals surface area (Å²) >= 11 is 0. The first-order valence-corrected chi connectivity index (χ1v) is 7.90. The van der Waals surface area contributed by atoms with Crippen LogP contribution in [0, 0.1) is 0 Å². The van der Waals surface area contributed by atoms with Gasteiger partial charge in [-0.05, 0) is 43.8 Å². The van der Waals surface area contributed by atoms with E-state index in [2.05, 4.69) is 31.0 Å². The van der Waals surface area contributed by atoms with Crippen molar-refractivity contribution in [2.75, 3.05) is 39.3 Å². The maximum absolute atomic E-state index is 12.0. The third-order valence-corrected chi connectivity index (χ3v) is 3.43. The number of hydrogen-bond acceptors (Lipinski definition) is 4. The van der Waals surface area contributed by atoms with Crippen LogP contribution in [0.2, 0.25) is 0 Å². The van der Waals surface area contributed by atoms with Gasteiger partial charge in [0.1, 0.15) is 5.75 Å². The summed E-state index contributed by atoms with van der Waals surface area (Å²) in [6.45, 7) is 11.4. The van der Waals surface area contributed by atoms with Crippen molar-refractivity contribution < 1.29 is 9.53 Å². The Morgan fingerprint density at radius 2 is 1.81 bits per heavy atom. The molecule has 0 bridgehead atoms. The third-order valence-electron chi connectivity index (χ3n) is 3.43. The van der Waals surface area contributed by atoms with Crippen molar-refractivity contribution in [1.82, 2.24) is 10.2 Å². The van der Waals surface area contributed by atoms with Gasteiger partial charge >= 0.3 is 0 Å². The van der Waals surface area contributed by atoms with Gasteiger partial charge in [0, 0.05) is 18.7 Å². The van der Waals surface area contributed by atoms with Gasteiger partial charge in [0.15, 0.2) is 5.78 Å². The van der Waals surface area contributed by atoms with Crippen molar-refractivity contribution in [2.45, 2.75) is 27.2 Å². The van der Waals surface area contributed by atoms with Crippen LogP contribution in [0.3, 0.4) is 0 Å². The molecule has 0 atom stereocenters. The summed E-state index contributed by atoms with van der Waals surface area (Å²) < 4.78 is 5.51. The Morgan fingerprint density at radius 3 is 2.38 bits per heavy atom. The second-order valence-electron chi connectivity index (χ2n) is 5.00. The van der Waals surface area contributed by atoms with Crippen LogP contribution in [-0.2, 0) is 0 Å². The van der Waals surface area contributed by atoms with Crippen molar-refractivity contribution >= 4 is 5.78 Å². The van der Waals surface area contributed by atoms with E-state index < -0.39 is 0 Å². The molecule has 0 amide bonds. The number of rotatable bonds is 11. The predicted octanol–water partition coefficient (Wildman–Crippen LogP) is 2.59. The maximum Gasteiger partial charge on any atom is 0.176 e. The average molecular weight is 292 g/mol. The Morgan fingerprint density at radius 1 is 1.14 bits per heavy atom. The van der Waals surface area contributed by atoms with Crippen molar-refractivity contribution in [3.63, 3.8) is 0 Å². The molecule has 1 rings (SSSR count). The number of likely N-dealkylation sites (N-methyl/N-ethyl adjacent to an activating group) is 1. The van der Waals surface area contributed by atoms with E-state index in [1.807, 2.05) is 24.3 Å². The van der Waals surface area contributed by atoms with E-state index in [0.717, 1.165) is 43.9 Å². The molecule has 0 spiro atoms. The van der Waals surface area contributed by atoms with Crippen LogP contribution in [0.5, 0.6) is 5.75 Å². The van der Waals surface area contributed by atoms with Gasteiger partial charge < -0.3 is 15.0 Å². The smallest absolute Gasteiger partial charge is 0.176 e. The lowest BCUT2D eigenvalue weighted by atomic mass is 10.1. The fourth-order valence-electron chi connectivity index (χ4n) is 2.04. The molecule has 4 nitrogen and oxygen atoms in total. The van der Waals surface area contributed by atoms with Gasteiger partial charge in [0.05, 0.1) is 13.2 Å². The van der Waals surface area contributed by atoms with Crippen molar-refractivity contribution in [3.8, 4) is 5.75 Å². The van der Waals surface area contributed by atoms with Gasteiger partial charge in [0.25, 0.3) is 0 Å². The molecule has 0 radical (unpaired) electrons. The summed E-state index contributed by atoms with van der Waals surface area (Å²) in [5, 5.41) is 3.21. The molecule has 0 aliphatic heterocycles. The van der Waals surface area contributed by atoms with Crippen molar-refractivity contribution in [1.29, 1.82) is 0 Å². The number of carbonyl (C=O) groups excluding carboxylic acids is 1. The maximum atomic E-state index is 12.0. The summed E-state index contributed by atoms with van der Waals surface area (Å²) in [4.78, 5) is 14.4. The molecule has 0 unspecified atom stereocenters. The van der Waals surface area contributed by atoms with Crippen molar-refractivity contribution in [3.05, 3.63) is 29.8 Å². The summed E-state index contributed by atoms with van der Waals surface area (Å²) in [5.41, 5.74) is 0.731. The second-order valence-corrected chi connectivity index (χ2v) is 5.00. The molecule has 21 heavy (non-hydrogen) atoms. The Kier molecular flexibility index (Phi) is 8.71. The third kappa shape index (κ3) is 6.74. The van der Waals surface area contributed by atoms with Gasteiger partial charge in [-0.25, -0.2) is 0 Å². The number of benzene rings is 1. The van der Waals surface area contributed by atoms with Crippen LogP contribution in [0.25, 0.3) is 0 Å². The molecule has 4 heteroatoms. The van der Waals surface area contributed by atoms with E-state index in [9.17, 15) is 4.79 Å². The Bertz CT molecular complexity index is 400. The number of hydrogen-bond donors (Lipinski definition) is 1. The Hall–Kier alpha value is -1.39. The fraction of sp³-hybridized carbons (Fsp3) is 0.588. The highest BCUT2D eigenvalue weighted by Gasteiger charge is 2.06. The van der Waals surface area contributed by atoms with Gasteiger partial charge in [-0.15, -0.1) is 0 Å². The van der Waals surface area contributed by atoms with Crippen LogP contribution in [-0.4, -0.2) is 50.0 Å². The Labute approximate surface area is 128 Å². The molecule has 0 fully saturated rings. The fourth-order valence-corrected chi connectivity index (χ4v) is 2.04. The zero-order valence-corrected chi connectivity index (χ0v) is 13.5. The number of Topliss-reactive ketones (excluding diaryl/α,β-unsaturated/α-hetero) is 1. The van der Waals surface area contributed by atoms with Crippen LogP contribution in [0.1, 0.15) is 37.6 Å². The lowest BCUT2D eigenvalue weighted by molar-refractivity contribution is 0.0990. The van der Waals surface area contributed by atoms with Crippen LogP contribution in [0.4, 0.5) is 0 Å². The molecular weight excluding hydrogens is 264 g/mol. The molecular formula is C17H28N2O2. The summed E-state index contributed by atoms with van der Waals surface area (Å²) in [7, 11) is 0. The predicted molar refractivity (Wildman–Crippen MR) is 87.2 cm³/mol. The topological polar surface area (TPSA) is 41.6 Å². The van der Waals surface area contributed by atoms with Crippen LogP contribution < -0.4 is 10.1 Å². The molecule has 0 aliphatic carbocycles. The summed E-state index contributed by atoms with van der Waals surface area (Å²) in [5.74, 6) is 0.944. The first-order valence-electron chi connectivity index (χ1n) is 7.90. The number of nitrogens with one attached hydrogen (secondary N) is 1. The molecule has 1 aromatic carbocycles. The second kappa shape index (κ2) is 10.4. The monoisotopic (exact) mass is 292 g/mol. The van der Waals surface area contributed by atoms with E-state index in [1.165, 1.54) is 0 Å². The molecule has 0 aromatic heterocycles. The number of ketones is 1. The highest BCUT2D eigenvalue weighted by molar-refractivity contribution is 5.97. The van der Waals surface area contributed by atoms with Crippen LogP contribution >= 0.6 is 0 Å². The SMILES string of the molecule is CCCOc1ccc(C(=O)CNCCN(CC)CC)cc1. The molecule has 0 saturated carbocycles. The summed E-state index contributed by atoms with van der Waals surface area (Å²) in [6, 6.07) is 7.39. The van der Waals surface area contributed by atoms with E-state index in [4.69, 9.17) is 4.74 Å². The van der Waals surface area contributed by atoms with E-state index in [-0.39, 0.29) is 5.78 Å². The minimum Gasteiger partial charge on any atom is -0.494 e. The standard InChI is InChI=1S/C17H28N2O2/c1-4-13-21-16-9-7-15(8-10-16)17(20)14-18-11-12-19(5-2)6-3/h7-10,18H,4-6,11-14H2,1-3H3. The normalized spacial score (nSPS) is 10.9. The first kappa shape index (κ1) is 17.7. The van der Waals surface area contributed by atoms with Gasteiger partial charge in [-0.2, -0.15) is 0 Å². The minimum absolute atomic E-state index is 0.122. The van der Waals surface area contributed by atoms with Gasteiger partial charge in [0.2, 0.25) is 0 Å². The van der Waals surface area contributed by atoms with Crippen LogP contribution in [0.15, 0.2) is 24.3 Å².